The van der Waals surface area contributed by atoms with Gasteiger partial charge in [-0.3, -0.25) is 4.98 Å². The number of nitrogens with zero attached hydrogens (tertiary/aromatic N) is 1. The number of ether oxygens (including phenoxy) is 2. The lowest BCUT2D eigenvalue weighted by molar-refractivity contribution is -0.0379. The number of hydrogen-bond acceptors (Lipinski definition) is 3. The zero-order chi connectivity index (χ0) is 9.64. The number of pyridine rings is 1. The zero-order valence-corrected chi connectivity index (χ0v) is 7.93. The summed E-state index contributed by atoms with van der Waals surface area (Å²) in [5, 5.41) is 0. The second-order valence-electron chi connectivity index (χ2n) is 3.10. The van der Waals surface area contributed by atoms with E-state index in [9.17, 15) is 0 Å². The monoisotopic (exact) mass is 191 g/mol. The summed E-state index contributed by atoms with van der Waals surface area (Å²) in [5.41, 5.74) is 1.10. The lowest BCUT2D eigenvalue weighted by Gasteiger charge is -2.03. The molecule has 0 atom stereocenters. The minimum atomic E-state index is -0.0529. The second-order valence-corrected chi connectivity index (χ2v) is 3.10. The maximum absolute atomic E-state index is 5.30. The van der Waals surface area contributed by atoms with Crippen molar-refractivity contribution in [3.05, 3.63) is 36.2 Å². The van der Waals surface area contributed by atoms with E-state index in [0.29, 0.717) is 13.2 Å². The summed E-state index contributed by atoms with van der Waals surface area (Å²) < 4.78 is 10.6. The molecule has 1 aliphatic heterocycles. The molecule has 1 fully saturated rings. The smallest absolute Gasteiger partial charge is 0.161 e. The molecule has 0 aromatic carbocycles. The first-order valence-electron chi connectivity index (χ1n) is 4.75. The Kier molecular flexibility index (Phi) is 3.27. The molecule has 0 amide bonds. The predicted octanol–water partition coefficient (Wildman–Crippen LogP) is 1.86. The fourth-order valence-corrected chi connectivity index (χ4v) is 1.33. The molecule has 0 spiro atoms. The molecule has 0 radical (unpaired) electrons. The molecule has 1 saturated heterocycles. The largest absolute Gasteiger partial charge is 0.350 e. The molecule has 1 aliphatic rings. The van der Waals surface area contributed by atoms with Gasteiger partial charge in [-0.05, 0) is 11.6 Å². The molecule has 1 aromatic heterocycles. The van der Waals surface area contributed by atoms with E-state index in [1.54, 1.807) is 6.20 Å². The Bertz CT molecular complexity index is 291. The van der Waals surface area contributed by atoms with Crippen LogP contribution in [0.5, 0.6) is 0 Å². The van der Waals surface area contributed by atoms with Crippen molar-refractivity contribution in [2.24, 2.45) is 0 Å². The third kappa shape index (κ3) is 2.65. The first-order valence-corrected chi connectivity index (χ1v) is 4.75. The van der Waals surface area contributed by atoms with Crippen molar-refractivity contribution in [1.82, 2.24) is 4.98 Å². The summed E-state index contributed by atoms with van der Waals surface area (Å²) in [6.07, 6.45) is 8.41. The van der Waals surface area contributed by atoms with Crippen molar-refractivity contribution in [1.29, 1.82) is 0 Å². The third-order valence-electron chi connectivity index (χ3n) is 2.01. The Morgan fingerprint density at radius 2 is 2.29 bits per heavy atom. The Morgan fingerprint density at radius 1 is 1.43 bits per heavy atom. The van der Waals surface area contributed by atoms with Crippen molar-refractivity contribution in [3.8, 4) is 0 Å². The van der Waals surface area contributed by atoms with Crippen LogP contribution in [0.15, 0.2) is 30.6 Å². The normalized spacial score (nSPS) is 18.0. The van der Waals surface area contributed by atoms with Crippen molar-refractivity contribution in [3.63, 3.8) is 0 Å². The van der Waals surface area contributed by atoms with Crippen molar-refractivity contribution >= 4 is 6.08 Å². The van der Waals surface area contributed by atoms with Crippen molar-refractivity contribution < 1.29 is 9.47 Å². The summed E-state index contributed by atoms with van der Waals surface area (Å²) >= 11 is 0. The highest BCUT2D eigenvalue weighted by Crippen LogP contribution is 2.09. The zero-order valence-electron chi connectivity index (χ0n) is 7.93. The predicted molar refractivity (Wildman–Crippen MR) is 53.6 cm³/mol. The van der Waals surface area contributed by atoms with Gasteiger partial charge in [-0.15, -0.1) is 0 Å². The lowest BCUT2D eigenvalue weighted by Crippen LogP contribution is -2.04. The van der Waals surface area contributed by atoms with E-state index in [1.165, 1.54) is 0 Å². The third-order valence-corrected chi connectivity index (χ3v) is 2.01. The summed E-state index contributed by atoms with van der Waals surface area (Å²) in [7, 11) is 0. The molecule has 0 bridgehead atoms. The standard InChI is InChI=1S/C11H13NO2/c1(5-11-13-7-8-14-11)3-10-4-2-6-12-9-10/h1-4,6,9,11H,5,7-8H2. The first kappa shape index (κ1) is 9.37. The van der Waals surface area contributed by atoms with Gasteiger partial charge in [0.25, 0.3) is 0 Å². The maximum Gasteiger partial charge on any atom is 0.161 e. The van der Waals surface area contributed by atoms with E-state index in [1.807, 2.05) is 30.5 Å². The summed E-state index contributed by atoms with van der Waals surface area (Å²) in [5.74, 6) is 0. The topological polar surface area (TPSA) is 31.4 Å². The van der Waals surface area contributed by atoms with Gasteiger partial charge in [0, 0.05) is 18.8 Å². The van der Waals surface area contributed by atoms with E-state index in [0.717, 1.165) is 12.0 Å². The Hall–Kier alpha value is -1.19. The van der Waals surface area contributed by atoms with Gasteiger partial charge in [0.1, 0.15) is 0 Å². The molecular formula is C11H13NO2. The number of aromatic nitrogens is 1. The first-order chi connectivity index (χ1) is 6.95. The Morgan fingerprint density at radius 3 is 3.00 bits per heavy atom. The number of rotatable bonds is 3. The van der Waals surface area contributed by atoms with Gasteiger partial charge in [-0.1, -0.05) is 18.2 Å². The van der Waals surface area contributed by atoms with Gasteiger partial charge >= 0.3 is 0 Å². The van der Waals surface area contributed by atoms with E-state index >= 15 is 0 Å². The van der Waals surface area contributed by atoms with Gasteiger partial charge in [0.15, 0.2) is 6.29 Å². The van der Waals surface area contributed by atoms with Crippen LogP contribution in [0.25, 0.3) is 6.08 Å². The molecule has 0 N–H and O–H groups in total. The van der Waals surface area contributed by atoms with Crippen molar-refractivity contribution in [2.45, 2.75) is 12.7 Å². The van der Waals surface area contributed by atoms with Gasteiger partial charge in [0.2, 0.25) is 0 Å². The van der Waals surface area contributed by atoms with Crippen LogP contribution in [0.3, 0.4) is 0 Å². The number of hydrogen-bond donors (Lipinski definition) is 0. The average molecular weight is 191 g/mol. The molecule has 74 valence electrons. The summed E-state index contributed by atoms with van der Waals surface area (Å²) in [4.78, 5) is 4.02. The summed E-state index contributed by atoms with van der Waals surface area (Å²) in [6.45, 7) is 1.43. The van der Waals surface area contributed by atoms with E-state index in [2.05, 4.69) is 4.98 Å². The average Bonchev–Trinajstić information content (AvgIpc) is 2.72. The highest BCUT2D eigenvalue weighted by Gasteiger charge is 2.13. The van der Waals surface area contributed by atoms with Crippen LogP contribution in [0.1, 0.15) is 12.0 Å². The minimum Gasteiger partial charge on any atom is -0.350 e. The minimum absolute atomic E-state index is 0.0529. The fourth-order valence-electron chi connectivity index (χ4n) is 1.33. The molecule has 14 heavy (non-hydrogen) atoms. The molecule has 0 unspecified atom stereocenters. The van der Waals surface area contributed by atoms with Crippen LogP contribution in [0.4, 0.5) is 0 Å². The van der Waals surface area contributed by atoms with Gasteiger partial charge in [0.05, 0.1) is 13.2 Å². The SMILES string of the molecule is C(=Cc1cccnc1)CC1OCCO1. The molecule has 0 aliphatic carbocycles. The molecule has 3 nitrogen and oxygen atoms in total. The van der Waals surface area contributed by atoms with Crippen LogP contribution in [-0.4, -0.2) is 24.5 Å². The second kappa shape index (κ2) is 4.88. The van der Waals surface area contributed by atoms with Gasteiger partial charge < -0.3 is 9.47 Å². The molecule has 2 heterocycles. The lowest BCUT2D eigenvalue weighted by atomic mass is 10.2. The van der Waals surface area contributed by atoms with Crippen LogP contribution in [-0.2, 0) is 9.47 Å². The van der Waals surface area contributed by atoms with Gasteiger partial charge in [-0.25, -0.2) is 0 Å². The molecule has 3 heteroatoms. The highest BCUT2D eigenvalue weighted by molar-refractivity contribution is 5.47. The van der Waals surface area contributed by atoms with E-state index in [-0.39, 0.29) is 6.29 Å². The molecule has 1 aromatic rings. The Labute approximate surface area is 83.4 Å². The quantitative estimate of drug-likeness (QED) is 0.730. The van der Waals surface area contributed by atoms with Crippen LogP contribution >= 0.6 is 0 Å². The molecular weight excluding hydrogens is 178 g/mol. The summed E-state index contributed by atoms with van der Waals surface area (Å²) in [6, 6.07) is 3.93. The van der Waals surface area contributed by atoms with Crippen LogP contribution < -0.4 is 0 Å². The maximum atomic E-state index is 5.30. The highest BCUT2D eigenvalue weighted by atomic mass is 16.7. The van der Waals surface area contributed by atoms with Crippen LogP contribution in [0, 0.1) is 0 Å². The molecule has 2 rings (SSSR count). The Balaban J connectivity index is 1.82. The van der Waals surface area contributed by atoms with Crippen LogP contribution in [0.2, 0.25) is 0 Å². The van der Waals surface area contributed by atoms with Crippen molar-refractivity contribution in [2.75, 3.05) is 13.2 Å². The molecule has 0 saturated carbocycles. The van der Waals surface area contributed by atoms with Gasteiger partial charge in [-0.2, -0.15) is 0 Å². The van der Waals surface area contributed by atoms with E-state index < -0.39 is 0 Å². The van der Waals surface area contributed by atoms with E-state index in [4.69, 9.17) is 9.47 Å². The fraction of sp³-hybridized carbons (Fsp3) is 0.364.